The molecule has 0 aliphatic carbocycles. The van der Waals surface area contributed by atoms with Crippen LogP contribution in [-0.4, -0.2) is 25.9 Å². The monoisotopic (exact) mass is 316 g/mol. The van der Waals surface area contributed by atoms with E-state index in [4.69, 9.17) is 0 Å². The van der Waals surface area contributed by atoms with Crippen molar-refractivity contribution in [3.05, 3.63) is 29.3 Å². The Morgan fingerprint density at radius 1 is 1.14 bits per heavy atom. The predicted molar refractivity (Wildman–Crippen MR) is 58.7 cm³/mol. The first-order chi connectivity index (χ1) is 9.53. The Morgan fingerprint density at radius 3 is 2.24 bits per heavy atom. The molecule has 0 N–H and O–H groups in total. The predicted octanol–water partition coefficient (Wildman–Crippen LogP) is 3.36. The Morgan fingerprint density at radius 2 is 1.76 bits per heavy atom. The minimum Gasteiger partial charge on any atom is -0.484 e. The molecule has 0 unspecified atom stereocenters. The quantitative estimate of drug-likeness (QED) is 0.631. The van der Waals surface area contributed by atoms with Crippen molar-refractivity contribution >= 4 is 5.97 Å². The Hall–Kier alpha value is -1.93. The van der Waals surface area contributed by atoms with Crippen molar-refractivity contribution in [2.75, 3.05) is 13.7 Å². The molecule has 0 aromatic heterocycles. The summed E-state index contributed by atoms with van der Waals surface area (Å²) in [6, 6.07) is 1.88. The zero-order valence-corrected chi connectivity index (χ0v) is 10.6. The summed E-state index contributed by atoms with van der Waals surface area (Å²) in [6.07, 6.45) is -9.97. The molecule has 1 aromatic rings. The number of methoxy groups -OCH3 is 1. The van der Waals surface area contributed by atoms with Crippen LogP contribution < -0.4 is 4.74 Å². The van der Waals surface area contributed by atoms with Crippen molar-refractivity contribution in [1.29, 1.82) is 0 Å². The number of rotatable bonds is 4. The van der Waals surface area contributed by atoms with Crippen molar-refractivity contribution < 1.29 is 40.6 Å². The molecule has 0 atom stereocenters. The maximum atomic E-state index is 12.6. The first kappa shape index (κ1) is 17.1. The fourth-order valence-corrected chi connectivity index (χ4v) is 1.42. The van der Waals surface area contributed by atoms with E-state index in [-0.39, 0.29) is 5.56 Å². The van der Waals surface area contributed by atoms with Gasteiger partial charge in [0.15, 0.2) is 6.61 Å². The minimum atomic E-state index is -4.69. The van der Waals surface area contributed by atoms with Crippen molar-refractivity contribution in [1.82, 2.24) is 0 Å². The summed E-state index contributed by atoms with van der Waals surface area (Å²) < 4.78 is 82.6. The fraction of sp³-hybridized carbons (Fsp3) is 0.417. The number of esters is 1. The normalized spacial score (nSPS) is 12.1. The molecule has 118 valence electrons. The van der Waals surface area contributed by atoms with Gasteiger partial charge in [0, 0.05) is 5.56 Å². The summed E-state index contributed by atoms with van der Waals surface area (Å²) in [5.74, 6) is -1.35. The lowest BCUT2D eigenvalue weighted by Crippen LogP contribution is -2.20. The molecule has 1 rings (SSSR count). The van der Waals surface area contributed by atoms with E-state index in [0.717, 1.165) is 13.2 Å². The molecule has 0 radical (unpaired) electrons. The molecule has 21 heavy (non-hydrogen) atoms. The van der Waals surface area contributed by atoms with E-state index in [2.05, 4.69) is 9.47 Å². The highest BCUT2D eigenvalue weighted by atomic mass is 19.4. The molecule has 0 aliphatic heterocycles. The second-order valence-corrected chi connectivity index (χ2v) is 3.98. The number of carbonyl (C=O) groups is 1. The van der Waals surface area contributed by atoms with E-state index in [9.17, 15) is 31.1 Å². The number of halogens is 6. The summed E-state index contributed by atoms with van der Waals surface area (Å²) in [6.45, 7) is -1.67. The van der Waals surface area contributed by atoms with Crippen LogP contribution in [0.25, 0.3) is 0 Å². The molecular weight excluding hydrogens is 306 g/mol. The van der Waals surface area contributed by atoms with Gasteiger partial charge >= 0.3 is 18.3 Å². The maximum Gasteiger partial charge on any atom is 0.422 e. The van der Waals surface area contributed by atoms with E-state index < -0.39 is 42.7 Å². The van der Waals surface area contributed by atoms with Gasteiger partial charge in [-0.15, -0.1) is 0 Å². The highest BCUT2D eigenvalue weighted by Crippen LogP contribution is 2.33. The Balaban J connectivity index is 3.08. The van der Waals surface area contributed by atoms with Crippen LogP contribution in [0.1, 0.15) is 11.1 Å². The van der Waals surface area contributed by atoms with Gasteiger partial charge in [-0.25, -0.2) is 0 Å². The summed E-state index contributed by atoms with van der Waals surface area (Å²) in [5.41, 5.74) is -1.43. The van der Waals surface area contributed by atoms with E-state index >= 15 is 0 Å². The van der Waals surface area contributed by atoms with E-state index in [1.165, 1.54) is 0 Å². The number of alkyl halides is 6. The first-order valence-corrected chi connectivity index (χ1v) is 5.49. The number of hydrogen-bond donors (Lipinski definition) is 0. The third-order valence-corrected chi connectivity index (χ3v) is 2.34. The average molecular weight is 316 g/mol. The fourth-order valence-electron chi connectivity index (χ4n) is 1.42. The van der Waals surface area contributed by atoms with Crippen LogP contribution in [0.5, 0.6) is 5.75 Å². The molecule has 1 aromatic carbocycles. The standard InChI is InChI=1S/C12H10F6O3/c1-20-10(19)5-7-4-8(12(16,17)18)2-3-9(7)21-6-11(13,14)15/h2-4H,5-6H2,1H3. The molecule has 0 amide bonds. The number of ether oxygens (including phenoxy) is 2. The van der Waals surface area contributed by atoms with Gasteiger partial charge in [-0.05, 0) is 18.2 Å². The van der Waals surface area contributed by atoms with Gasteiger partial charge in [0.1, 0.15) is 5.75 Å². The van der Waals surface area contributed by atoms with Gasteiger partial charge in [-0.1, -0.05) is 0 Å². The lowest BCUT2D eigenvalue weighted by molar-refractivity contribution is -0.153. The third-order valence-electron chi connectivity index (χ3n) is 2.34. The maximum absolute atomic E-state index is 12.6. The van der Waals surface area contributed by atoms with Crippen LogP contribution in [0.2, 0.25) is 0 Å². The number of hydrogen-bond acceptors (Lipinski definition) is 3. The molecule has 0 saturated heterocycles. The lowest BCUT2D eigenvalue weighted by atomic mass is 10.1. The van der Waals surface area contributed by atoms with Gasteiger partial charge in [-0.2, -0.15) is 26.3 Å². The molecular formula is C12H10F6O3. The minimum absolute atomic E-state index is 0.332. The summed E-state index contributed by atoms with van der Waals surface area (Å²) in [7, 11) is 1.01. The van der Waals surface area contributed by atoms with Crippen molar-refractivity contribution in [2.24, 2.45) is 0 Å². The zero-order chi connectivity index (χ0) is 16.3. The molecule has 0 heterocycles. The summed E-state index contributed by atoms with van der Waals surface area (Å²) in [4.78, 5) is 11.1. The Kier molecular flexibility index (Phi) is 5.08. The van der Waals surface area contributed by atoms with Crippen LogP contribution in [0.15, 0.2) is 18.2 Å². The highest BCUT2D eigenvalue weighted by molar-refractivity contribution is 5.73. The molecule has 0 aliphatic rings. The zero-order valence-electron chi connectivity index (χ0n) is 10.6. The second-order valence-electron chi connectivity index (χ2n) is 3.98. The summed E-state index contributed by atoms with van der Waals surface area (Å²) >= 11 is 0. The van der Waals surface area contributed by atoms with E-state index in [1.807, 2.05) is 0 Å². The highest BCUT2D eigenvalue weighted by Gasteiger charge is 2.32. The van der Waals surface area contributed by atoms with E-state index in [1.54, 1.807) is 0 Å². The first-order valence-electron chi connectivity index (χ1n) is 5.49. The molecule has 0 fully saturated rings. The largest absolute Gasteiger partial charge is 0.484 e. The SMILES string of the molecule is COC(=O)Cc1cc(C(F)(F)F)ccc1OCC(F)(F)F. The van der Waals surface area contributed by atoms with Crippen LogP contribution in [0.3, 0.4) is 0 Å². The molecule has 9 heteroatoms. The van der Waals surface area contributed by atoms with Gasteiger partial charge in [0.2, 0.25) is 0 Å². The van der Waals surface area contributed by atoms with Crippen molar-refractivity contribution in [3.63, 3.8) is 0 Å². The van der Waals surface area contributed by atoms with Gasteiger partial charge in [-0.3, -0.25) is 4.79 Å². The van der Waals surface area contributed by atoms with Gasteiger partial charge < -0.3 is 9.47 Å². The Labute approximate surface area is 115 Å². The van der Waals surface area contributed by atoms with Crippen LogP contribution in [0, 0.1) is 0 Å². The topological polar surface area (TPSA) is 35.5 Å². The molecule has 0 bridgehead atoms. The molecule has 3 nitrogen and oxygen atoms in total. The lowest BCUT2D eigenvalue weighted by Gasteiger charge is -2.15. The summed E-state index contributed by atoms with van der Waals surface area (Å²) in [5, 5.41) is 0. The van der Waals surface area contributed by atoms with E-state index in [0.29, 0.717) is 12.1 Å². The number of benzene rings is 1. The molecule has 0 saturated carbocycles. The van der Waals surface area contributed by atoms with Crippen molar-refractivity contribution in [3.8, 4) is 5.75 Å². The van der Waals surface area contributed by atoms with Gasteiger partial charge in [0.25, 0.3) is 0 Å². The smallest absolute Gasteiger partial charge is 0.422 e. The van der Waals surface area contributed by atoms with Crippen molar-refractivity contribution in [2.45, 2.75) is 18.8 Å². The van der Waals surface area contributed by atoms with Crippen LogP contribution >= 0.6 is 0 Å². The van der Waals surface area contributed by atoms with Gasteiger partial charge in [0.05, 0.1) is 19.1 Å². The third kappa shape index (κ3) is 5.52. The molecule has 0 spiro atoms. The number of carbonyl (C=O) groups excluding carboxylic acids is 1. The van der Waals surface area contributed by atoms with Crippen LogP contribution in [0.4, 0.5) is 26.3 Å². The second kappa shape index (κ2) is 6.23. The Bertz CT molecular complexity index is 507. The average Bonchev–Trinajstić information content (AvgIpc) is 2.34. The van der Waals surface area contributed by atoms with Crippen LogP contribution in [-0.2, 0) is 22.1 Å².